The minimum atomic E-state index is -1.12. The Morgan fingerprint density at radius 3 is 2.43 bits per heavy atom. The lowest BCUT2D eigenvalue weighted by molar-refractivity contribution is 0.190. The normalized spacial score (nSPS) is 11.3. The molecule has 2 aromatic rings. The molecule has 0 aliphatic carbocycles. The van der Waals surface area contributed by atoms with Crippen LogP contribution in [-0.4, -0.2) is 17.2 Å². The van der Waals surface area contributed by atoms with Crippen LogP contribution in [0.25, 0.3) is 0 Å². The van der Waals surface area contributed by atoms with Gasteiger partial charge in [-0.25, -0.2) is 4.79 Å². The van der Waals surface area contributed by atoms with Crippen LogP contribution < -0.4 is 10.1 Å². The molecule has 0 spiro atoms. The van der Waals surface area contributed by atoms with Crippen molar-refractivity contribution < 1.29 is 14.6 Å². The van der Waals surface area contributed by atoms with Gasteiger partial charge in [-0.05, 0) is 29.7 Å². The summed E-state index contributed by atoms with van der Waals surface area (Å²) in [7, 11) is 0. The number of benzene rings is 2. The summed E-state index contributed by atoms with van der Waals surface area (Å²) in [5, 5.41) is 19.9. The lowest BCUT2D eigenvalue weighted by Gasteiger charge is -2.14. The number of carboxylic acid groups (broad SMARTS) is 1. The van der Waals surface area contributed by atoms with E-state index in [9.17, 15) is 4.79 Å². The van der Waals surface area contributed by atoms with Crippen LogP contribution >= 0.6 is 0 Å². The van der Waals surface area contributed by atoms with Gasteiger partial charge in [0.05, 0.1) is 12.5 Å². The summed E-state index contributed by atoms with van der Waals surface area (Å²) in [6.45, 7) is 0.498. The summed E-state index contributed by atoms with van der Waals surface area (Å²) in [5.74, 6) is 0.751. The highest BCUT2D eigenvalue weighted by Crippen LogP contribution is 2.16. The molecule has 0 fully saturated rings. The van der Waals surface area contributed by atoms with Gasteiger partial charge in [0.2, 0.25) is 0 Å². The van der Waals surface area contributed by atoms with E-state index >= 15 is 0 Å². The third-order valence-corrected chi connectivity index (χ3v) is 3.32. The Hall–Kier alpha value is -3.00. The van der Waals surface area contributed by atoms with Crippen molar-refractivity contribution in [1.29, 1.82) is 5.26 Å². The van der Waals surface area contributed by atoms with Crippen LogP contribution in [-0.2, 0) is 13.0 Å². The summed E-state index contributed by atoms with van der Waals surface area (Å²) >= 11 is 0. The van der Waals surface area contributed by atoms with Crippen LogP contribution in [0.15, 0.2) is 54.6 Å². The fraction of sp³-hybridized carbons (Fsp3) is 0.222. The van der Waals surface area contributed by atoms with Gasteiger partial charge >= 0.3 is 6.09 Å². The third kappa shape index (κ3) is 5.71. The quantitative estimate of drug-likeness (QED) is 0.821. The van der Waals surface area contributed by atoms with Gasteiger partial charge in [0.15, 0.2) is 0 Å². The number of nitrogens with one attached hydrogen (secondary N) is 1. The molecular formula is C18H18N2O3. The van der Waals surface area contributed by atoms with E-state index in [0.29, 0.717) is 13.0 Å². The second-order valence-corrected chi connectivity index (χ2v) is 5.13. The molecule has 1 amide bonds. The number of nitriles is 1. The highest BCUT2D eigenvalue weighted by atomic mass is 16.5. The van der Waals surface area contributed by atoms with E-state index in [0.717, 1.165) is 16.9 Å². The number of hydrogen-bond acceptors (Lipinski definition) is 3. The summed E-state index contributed by atoms with van der Waals surface area (Å²) in [5.41, 5.74) is 2.04. The highest BCUT2D eigenvalue weighted by molar-refractivity contribution is 5.65. The molecule has 0 radical (unpaired) electrons. The lowest BCUT2D eigenvalue weighted by atomic mass is 10.0. The molecule has 1 unspecified atom stereocenters. The molecule has 23 heavy (non-hydrogen) atoms. The topological polar surface area (TPSA) is 82.3 Å². The Labute approximate surface area is 135 Å². The van der Waals surface area contributed by atoms with Crippen molar-refractivity contribution in [1.82, 2.24) is 5.32 Å². The van der Waals surface area contributed by atoms with Gasteiger partial charge in [0.1, 0.15) is 12.4 Å². The monoisotopic (exact) mass is 310 g/mol. The molecule has 2 N–H and O–H groups in total. The van der Waals surface area contributed by atoms with E-state index in [1.807, 2.05) is 60.7 Å². The molecule has 1 atom stereocenters. The maximum absolute atomic E-state index is 10.7. The van der Waals surface area contributed by atoms with Crippen LogP contribution in [0.1, 0.15) is 17.5 Å². The SMILES string of the molecule is N#CCC(Cc1ccc(OCc2ccccc2)cc1)NC(=O)O. The van der Waals surface area contributed by atoms with Gasteiger partial charge in [-0.1, -0.05) is 42.5 Å². The Morgan fingerprint density at radius 1 is 1.13 bits per heavy atom. The summed E-state index contributed by atoms with van der Waals surface area (Å²) in [6, 6.07) is 18.9. The molecule has 2 aromatic carbocycles. The van der Waals surface area contributed by atoms with E-state index in [-0.39, 0.29) is 6.42 Å². The number of hydrogen-bond donors (Lipinski definition) is 2. The number of nitrogens with zero attached hydrogens (tertiary/aromatic N) is 1. The van der Waals surface area contributed by atoms with E-state index in [4.69, 9.17) is 15.1 Å². The maximum atomic E-state index is 10.7. The smallest absolute Gasteiger partial charge is 0.404 e. The predicted molar refractivity (Wildman–Crippen MR) is 86.1 cm³/mol. The largest absolute Gasteiger partial charge is 0.489 e. The van der Waals surface area contributed by atoms with E-state index < -0.39 is 12.1 Å². The maximum Gasteiger partial charge on any atom is 0.404 e. The van der Waals surface area contributed by atoms with Crippen molar-refractivity contribution in [2.45, 2.75) is 25.5 Å². The zero-order valence-corrected chi connectivity index (χ0v) is 12.6. The molecule has 0 aliphatic rings. The zero-order valence-electron chi connectivity index (χ0n) is 12.6. The highest BCUT2D eigenvalue weighted by Gasteiger charge is 2.12. The van der Waals surface area contributed by atoms with Crippen molar-refractivity contribution in [3.63, 3.8) is 0 Å². The molecule has 0 aromatic heterocycles. The number of carbonyl (C=O) groups is 1. The molecule has 0 bridgehead atoms. The third-order valence-electron chi connectivity index (χ3n) is 3.32. The molecule has 5 nitrogen and oxygen atoms in total. The molecule has 0 heterocycles. The van der Waals surface area contributed by atoms with Crippen LogP contribution in [0.2, 0.25) is 0 Å². The number of ether oxygens (including phenoxy) is 1. The zero-order chi connectivity index (χ0) is 16.5. The molecule has 0 saturated heterocycles. The summed E-state index contributed by atoms with van der Waals surface area (Å²) in [4.78, 5) is 10.7. The summed E-state index contributed by atoms with van der Waals surface area (Å²) < 4.78 is 5.70. The molecule has 0 saturated carbocycles. The average Bonchev–Trinajstić information content (AvgIpc) is 2.55. The molecule has 2 rings (SSSR count). The Morgan fingerprint density at radius 2 is 1.83 bits per heavy atom. The van der Waals surface area contributed by atoms with Crippen molar-refractivity contribution in [2.75, 3.05) is 0 Å². The fourth-order valence-electron chi connectivity index (χ4n) is 2.21. The van der Waals surface area contributed by atoms with Gasteiger partial charge in [0.25, 0.3) is 0 Å². The van der Waals surface area contributed by atoms with Crippen LogP contribution in [0.5, 0.6) is 5.75 Å². The molecule has 118 valence electrons. The second-order valence-electron chi connectivity index (χ2n) is 5.13. The minimum Gasteiger partial charge on any atom is -0.489 e. The Bertz CT molecular complexity index is 663. The van der Waals surface area contributed by atoms with Gasteiger partial charge in [0, 0.05) is 6.04 Å². The van der Waals surface area contributed by atoms with E-state index in [1.54, 1.807) is 0 Å². The first-order valence-corrected chi connectivity index (χ1v) is 7.29. The van der Waals surface area contributed by atoms with Crippen molar-refractivity contribution in [2.24, 2.45) is 0 Å². The van der Waals surface area contributed by atoms with Crippen LogP contribution in [0.3, 0.4) is 0 Å². The Kier molecular flexibility index (Phi) is 6.01. The van der Waals surface area contributed by atoms with Crippen molar-refractivity contribution in [3.8, 4) is 11.8 Å². The van der Waals surface area contributed by atoms with E-state index in [2.05, 4.69) is 5.32 Å². The van der Waals surface area contributed by atoms with Gasteiger partial charge in [-0.2, -0.15) is 5.26 Å². The Balaban J connectivity index is 1.90. The van der Waals surface area contributed by atoms with Gasteiger partial charge in [-0.3, -0.25) is 0 Å². The van der Waals surface area contributed by atoms with Crippen LogP contribution in [0.4, 0.5) is 4.79 Å². The summed E-state index contributed by atoms with van der Waals surface area (Å²) in [6.07, 6.45) is -0.509. The fourth-order valence-corrected chi connectivity index (χ4v) is 2.21. The predicted octanol–water partition coefficient (Wildman–Crippen LogP) is 3.36. The van der Waals surface area contributed by atoms with Crippen molar-refractivity contribution in [3.05, 3.63) is 65.7 Å². The molecule has 0 aliphatic heterocycles. The van der Waals surface area contributed by atoms with E-state index in [1.165, 1.54) is 0 Å². The first-order valence-electron chi connectivity index (χ1n) is 7.29. The second kappa shape index (κ2) is 8.44. The molecular weight excluding hydrogens is 292 g/mol. The first kappa shape index (κ1) is 16.4. The average molecular weight is 310 g/mol. The standard InChI is InChI=1S/C18H18N2O3/c19-11-10-16(20-18(21)22)12-14-6-8-17(9-7-14)23-13-15-4-2-1-3-5-15/h1-9,16,20H,10,12-13H2,(H,21,22). The minimum absolute atomic E-state index is 0.137. The molecule has 5 heteroatoms. The van der Waals surface area contributed by atoms with Gasteiger partial charge < -0.3 is 15.2 Å². The van der Waals surface area contributed by atoms with Gasteiger partial charge in [-0.15, -0.1) is 0 Å². The van der Waals surface area contributed by atoms with Crippen molar-refractivity contribution >= 4 is 6.09 Å². The number of amides is 1. The lowest BCUT2D eigenvalue weighted by Crippen LogP contribution is -2.35. The first-order chi connectivity index (χ1) is 11.2. The number of rotatable bonds is 7. The van der Waals surface area contributed by atoms with Crippen LogP contribution in [0, 0.1) is 11.3 Å².